The molecular weight excluding hydrogens is 178 g/mol. The summed E-state index contributed by atoms with van der Waals surface area (Å²) in [6.07, 6.45) is 2.60. The van der Waals surface area contributed by atoms with Crippen molar-refractivity contribution in [1.29, 1.82) is 0 Å². The maximum absolute atomic E-state index is 9.51. The van der Waals surface area contributed by atoms with Gasteiger partial charge >= 0.3 is 0 Å². The van der Waals surface area contributed by atoms with Gasteiger partial charge in [-0.1, -0.05) is 27.2 Å². The van der Waals surface area contributed by atoms with E-state index < -0.39 is 6.23 Å². The average Bonchev–Trinajstić information content (AvgIpc) is 2.22. The van der Waals surface area contributed by atoms with E-state index in [1.165, 1.54) is 6.42 Å². The maximum Gasteiger partial charge on any atom is 0.130 e. The van der Waals surface area contributed by atoms with Gasteiger partial charge in [-0.25, -0.2) is 0 Å². The molecule has 0 fully saturated rings. The smallest absolute Gasteiger partial charge is 0.130 e. The minimum absolute atomic E-state index is 0.166. The summed E-state index contributed by atoms with van der Waals surface area (Å²) in [4.78, 5) is 1.95. The highest BCUT2D eigenvalue weighted by atomic mass is 16.3. The Morgan fingerprint density at radius 1 is 1.21 bits per heavy atom. The number of hydrogen-bond acceptors (Lipinski definition) is 3. The van der Waals surface area contributed by atoms with E-state index in [-0.39, 0.29) is 6.61 Å². The van der Waals surface area contributed by atoms with Gasteiger partial charge in [-0.15, -0.1) is 0 Å². The van der Waals surface area contributed by atoms with Crippen molar-refractivity contribution in [2.24, 2.45) is 5.92 Å². The molecule has 2 atom stereocenters. The van der Waals surface area contributed by atoms with E-state index in [0.29, 0.717) is 5.92 Å². The van der Waals surface area contributed by atoms with Crippen LogP contribution >= 0.6 is 0 Å². The lowest BCUT2D eigenvalue weighted by molar-refractivity contribution is -0.0367. The van der Waals surface area contributed by atoms with E-state index in [1.54, 1.807) is 0 Å². The Kier molecular flexibility index (Phi) is 8.14. The average molecular weight is 203 g/mol. The van der Waals surface area contributed by atoms with Gasteiger partial charge in [0.2, 0.25) is 0 Å². The van der Waals surface area contributed by atoms with E-state index in [2.05, 4.69) is 20.8 Å². The van der Waals surface area contributed by atoms with E-state index in [1.807, 2.05) is 4.90 Å². The van der Waals surface area contributed by atoms with E-state index in [4.69, 9.17) is 5.11 Å². The predicted molar refractivity (Wildman–Crippen MR) is 59.0 cm³/mol. The summed E-state index contributed by atoms with van der Waals surface area (Å²) in [5.74, 6) is 0.695. The summed E-state index contributed by atoms with van der Waals surface area (Å²) in [6.45, 7) is 8.05. The molecule has 2 unspecified atom stereocenters. The Labute approximate surface area is 87.7 Å². The van der Waals surface area contributed by atoms with Gasteiger partial charge < -0.3 is 10.2 Å². The van der Waals surface area contributed by atoms with Crippen molar-refractivity contribution in [2.45, 2.75) is 46.3 Å². The summed E-state index contributed by atoms with van der Waals surface area (Å²) in [5.41, 5.74) is 0. The van der Waals surface area contributed by atoms with E-state index in [9.17, 15) is 5.11 Å². The molecule has 86 valence electrons. The molecule has 0 amide bonds. The molecule has 0 saturated carbocycles. The monoisotopic (exact) mass is 203 g/mol. The van der Waals surface area contributed by atoms with Crippen LogP contribution in [0.5, 0.6) is 0 Å². The van der Waals surface area contributed by atoms with Crippen molar-refractivity contribution in [3.05, 3.63) is 0 Å². The van der Waals surface area contributed by atoms with Gasteiger partial charge in [0.05, 0.1) is 6.61 Å². The molecule has 0 radical (unpaired) electrons. The number of aliphatic hydroxyl groups excluding tert-OH is 2. The topological polar surface area (TPSA) is 43.7 Å². The molecule has 2 N–H and O–H groups in total. The lowest BCUT2D eigenvalue weighted by Gasteiger charge is -2.27. The fourth-order valence-corrected chi connectivity index (χ4v) is 1.40. The van der Waals surface area contributed by atoms with Gasteiger partial charge in [0, 0.05) is 13.1 Å². The van der Waals surface area contributed by atoms with Crippen LogP contribution in [0.4, 0.5) is 0 Å². The summed E-state index contributed by atoms with van der Waals surface area (Å²) in [5, 5.41) is 18.4. The standard InChI is InChI=1S/C11H25NO2/c1-4-7-12(11(14)9-13)8-6-10(3)5-2/h10-11,13-14H,4-9H2,1-3H3. The third-order valence-electron chi connectivity index (χ3n) is 2.70. The number of rotatable bonds is 8. The molecule has 14 heavy (non-hydrogen) atoms. The minimum atomic E-state index is -0.681. The molecule has 0 aromatic rings. The van der Waals surface area contributed by atoms with Crippen molar-refractivity contribution in [1.82, 2.24) is 4.90 Å². The Morgan fingerprint density at radius 2 is 1.86 bits per heavy atom. The Balaban J connectivity index is 3.83. The summed E-state index contributed by atoms with van der Waals surface area (Å²) in [7, 11) is 0. The fraction of sp³-hybridized carbons (Fsp3) is 1.00. The van der Waals surface area contributed by atoms with Gasteiger partial charge in [-0.05, 0) is 18.8 Å². The highest BCUT2D eigenvalue weighted by molar-refractivity contribution is 4.62. The van der Waals surface area contributed by atoms with E-state index >= 15 is 0 Å². The molecule has 0 spiro atoms. The molecular formula is C11H25NO2. The van der Waals surface area contributed by atoms with Crippen molar-refractivity contribution in [3.63, 3.8) is 0 Å². The zero-order valence-electron chi connectivity index (χ0n) is 9.74. The first kappa shape index (κ1) is 13.9. The quantitative estimate of drug-likeness (QED) is 0.587. The highest BCUT2D eigenvalue weighted by Crippen LogP contribution is 2.09. The van der Waals surface area contributed by atoms with Gasteiger partial charge in [-0.2, -0.15) is 0 Å². The van der Waals surface area contributed by atoms with Gasteiger partial charge in [-0.3, -0.25) is 4.90 Å². The second-order valence-electron chi connectivity index (χ2n) is 4.00. The van der Waals surface area contributed by atoms with Crippen molar-refractivity contribution in [2.75, 3.05) is 19.7 Å². The molecule has 3 heteroatoms. The molecule has 0 heterocycles. The molecule has 0 aliphatic heterocycles. The Hall–Kier alpha value is -0.120. The summed E-state index contributed by atoms with van der Waals surface area (Å²) < 4.78 is 0. The lowest BCUT2D eigenvalue weighted by Crippen LogP contribution is -2.39. The third kappa shape index (κ3) is 5.58. The molecule has 3 nitrogen and oxygen atoms in total. The van der Waals surface area contributed by atoms with Gasteiger partial charge in [0.15, 0.2) is 0 Å². The molecule has 0 rings (SSSR count). The second-order valence-corrected chi connectivity index (χ2v) is 4.00. The number of hydrogen-bond donors (Lipinski definition) is 2. The lowest BCUT2D eigenvalue weighted by atomic mass is 10.1. The number of aliphatic hydroxyl groups is 2. The molecule has 0 aliphatic carbocycles. The van der Waals surface area contributed by atoms with Gasteiger partial charge in [0.25, 0.3) is 0 Å². The predicted octanol–water partition coefficient (Wildman–Crippen LogP) is 1.45. The summed E-state index contributed by atoms with van der Waals surface area (Å²) >= 11 is 0. The molecule has 0 bridgehead atoms. The van der Waals surface area contributed by atoms with Crippen LogP contribution in [0, 0.1) is 5.92 Å². The Morgan fingerprint density at radius 3 is 2.29 bits per heavy atom. The Bertz CT molecular complexity index is 130. The molecule has 0 aromatic heterocycles. The highest BCUT2D eigenvalue weighted by Gasteiger charge is 2.13. The molecule has 0 aromatic carbocycles. The van der Waals surface area contributed by atoms with Crippen LogP contribution in [0.15, 0.2) is 0 Å². The molecule has 0 aliphatic rings. The van der Waals surface area contributed by atoms with Crippen molar-refractivity contribution in [3.8, 4) is 0 Å². The van der Waals surface area contributed by atoms with Crippen LogP contribution in [-0.2, 0) is 0 Å². The maximum atomic E-state index is 9.51. The minimum Gasteiger partial charge on any atom is -0.392 e. The first-order valence-corrected chi connectivity index (χ1v) is 5.68. The van der Waals surface area contributed by atoms with Gasteiger partial charge in [0.1, 0.15) is 6.23 Å². The zero-order chi connectivity index (χ0) is 11.0. The van der Waals surface area contributed by atoms with Crippen LogP contribution in [0.3, 0.4) is 0 Å². The van der Waals surface area contributed by atoms with Crippen LogP contribution in [0.1, 0.15) is 40.0 Å². The van der Waals surface area contributed by atoms with Crippen molar-refractivity contribution < 1.29 is 10.2 Å². The van der Waals surface area contributed by atoms with Crippen LogP contribution in [0.2, 0.25) is 0 Å². The third-order valence-corrected chi connectivity index (χ3v) is 2.70. The normalized spacial score (nSPS) is 15.9. The first-order chi connectivity index (χ1) is 6.65. The zero-order valence-corrected chi connectivity index (χ0v) is 9.74. The van der Waals surface area contributed by atoms with Crippen molar-refractivity contribution >= 4 is 0 Å². The van der Waals surface area contributed by atoms with E-state index in [0.717, 1.165) is 25.9 Å². The summed E-state index contributed by atoms with van der Waals surface area (Å²) in [6, 6.07) is 0. The largest absolute Gasteiger partial charge is 0.392 e. The SMILES string of the molecule is CCCN(CCC(C)CC)C(O)CO. The second kappa shape index (κ2) is 8.21. The molecule has 0 saturated heterocycles. The van der Waals surface area contributed by atoms with Crippen LogP contribution in [0.25, 0.3) is 0 Å². The van der Waals surface area contributed by atoms with Crippen LogP contribution < -0.4 is 0 Å². The van der Waals surface area contributed by atoms with Crippen LogP contribution in [-0.4, -0.2) is 41.0 Å². The fourth-order valence-electron chi connectivity index (χ4n) is 1.40. The first-order valence-electron chi connectivity index (χ1n) is 5.68. The number of nitrogens with zero attached hydrogens (tertiary/aromatic N) is 1.